The molecule has 0 atom stereocenters. The van der Waals surface area contributed by atoms with E-state index in [0.717, 1.165) is 12.8 Å². The lowest BCUT2D eigenvalue weighted by Gasteiger charge is -2.12. The second-order valence-electron chi connectivity index (χ2n) is 5.10. The van der Waals surface area contributed by atoms with E-state index in [1.165, 1.54) is 12.8 Å². The van der Waals surface area contributed by atoms with Crippen LogP contribution in [-0.4, -0.2) is 33.5 Å². The molecular weight excluding hydrogens is 288 g/mol. The van der Waals surface area contributed by atoms with Crippen molar-refractivity contribution in [2.45, 2.75) is 36.6 Å². The van der Waals surface area contributed by atoms with Crippen molar-refractivity contribution in [1.82, 2.24) is 10.0 Å². The van der Waals surface area contributed by atoms with Gasteiger partial charge in [0.05, 0.1) is 11.4 Å². The molecular formula is C14H22N4O2S. The molecule has 1 fully saturated rings. The first-order valence-corrected chi connectivity index (χ1v) is 8.67. The van der Waals surface area contributed by atoms with Gasteiger partial charge in [0.2, 0.25) is 10.0 Å². The molecule has 116 valence electrons. The second kappa shape index (κ2) is 7.42. The maximum atomic E-state index is 11.9. The first kappa shape index (κ1) is 15.8. The van der Waals surface area contributed by atoms with Crippen molar-refractivity contribution in [1.29, 1.82) is 0 Å². The summed E-state index contributed by atoms with van der Waals surface area (Å²) in [6.07, 6.45) is 4.69. The lowest BCUT2D eigenvalue weighted by atomic mass is 10.2. The van der Waals surface area contributed by atoms with Gasteiger partial charge in [-0.1, -0.05) is 31.0 Å². The number of benzene rings is 1. The molecule has 1 saturated carbocycles. The highest BCUT2D eigenvalue weighted by molar-refractivity contribution is 7.89. The third-order valence-electron chi connectivity index (χ3n) is 3.45. The van der Waals surface area contributed by atoms with Crippen molar-refractivity contribution in [2.75, 3.05) is 13.1 Å². The fraction of sp³-hybridized carbons (Fsp3) is 0.500. The maximum absolute atomic E-state index is 11.9. The van der Waals surface area contributed by atoms with Gasteiger partial charge in [-0.3, -0.25) is 4.99 Å². The van der Waals surface area contributed by atoms with Crippen molar-refractivity contribution < 1.29 is 8.42 Å². The monoisotopic (exact) mass is 310 g/mol. The van der Waals surface area contributed by atoms with Crippen LogP contribution in [0, 0.1) is 0 Å². The van der Waals surface area contributed by atoms with Gasteiger partial charge in [-0.2, -0.15) is 0 Å². The van der Waals surface area contributed by atoms with Gasteiger partial charge in [-0.05, 0) is 25.0 Å². The Kier molecular flexibility index (Phi) is 5.58. The van der Waals surface area contributed by atoms with Crippen molar-refractivity contribution in [3.63, 3.8) is 0 Å². The molecule has 0 radical (unpaired) electrons. The maximum Gasteiger partial charge on any atom is 0.240 e. The Morgan fingerprint density at radius 2 is 1.90 bits per heavy atom. The Labute approximate surface area is 125 Å². The molecule has 1 aromatic rings. The quantitative estimate of drug-likeness (QED) is 0.411. The molecule has 1 aliphatic rings. The van der Waals surface area contributed by atoms with E-state index in [0.29, 0.717) is 18.5 Å². The van der Waals surface area contributed by atoms with Crippen molar-refractivity contribution in [3.8, 4) is 0 Å². The number of nitrogens with one attached hydrogen (secondary N) is 2. The SMILES string of the molecule is NC(=NCCNS(=O)(=O)c1ccccc1)NC1CCCC1. The molecule has 4 N–H and O–H groups in total. The van der Waals surface area contributed by atoms with Gasteiger partial charge in [-0.25, -0.2) is 13.1 Å². The van der Waals surface area contributed by atoms with Crippen LogP contribution in [0.2, 0.25) is 0 Å². The van der Waals surface area contributed by atoms with Crippen molar-refractivity contribution in [3.05, 3.63) is 30.3 Å². The van der Waals surface area contributed by atoms with Gasteiger partial charge in [-0.15, -0.1) is 0 Å². The fourth-order valence-corrected chi connectivity index (χ4v) is 3.41. The normalized spacial score (nSPS) is 17.0. The molecule has 0 spiro atoms. The minimum atomic E-state index is -3.46. The van der Waals surface area contributed by atoms with Crippen LogP contribution in [-0.2, 0) is 10.0 Å². The predicted molar refractivity (Wildman–Crippen MR) is 83.5 cm³/mol. The Bertz CT molecular complexity index is 566. The van der Waals surface area contributed by atoms with Crippen LogP contribution in [0.25, 0.3) is 0 Å². The molecule has 0 aromatic heterocycles. The molecule has 6 nitrogen and oxygen atoms in total. The number of hydrogen-bond acceptors (Lipinski definition) is 3. The highest BCUT2D eigenvalue weighted by Gasteiger charge is 2.15. The average molecular weight is 310 g/mol. The summed E-state index contributed by atoms with van der Waals surface area (Å²) in [5.74, 6) is 0.390. The molecule has 7 heteroatoms. The van der Waals surface area contributed by atoms with Gasteiger partial charge in [0, 0.05) is 12.6 Å². The summed E-state index contributed by atoms with van der Waals surface area (Å²) in [4.78, 5) is 4.40. The van der Waals surface area contributed by atoms with E-state index in [4.69, 9.17) is 5.73 Å². The molecule has 0 bridgehead atoms. The fourth-order valence-electron chi connectivity index (χ4n) is 2.36. The van der Waals surface area contributed by atoms with Gasteiger partial charge in [0.1, 0.15) is 0 Å². The molecule has 1 aliphatic carbocycles. The van der Waals surface area contributed by atoms with Gasteiger partial charge >= 0.3 is 0 Å². The number of nitrogens with zero attached hydrogens (tertiary/aromatic N) is 1. The summed E-state index contributed by atoms with van der Waals surface area (Å²) in [5.41, 5.74) is 5.78. The molecule has 0 amide bonds. The zero-order valence-corrected chi connectivity index (χ0v) is 12.8. The van der Waals surface area contributed by atoms with Crippen LogP contribution in [0.4, 0.5) is 0 Å². The standard InChI is InChI=1S/C14H22N4O2S/c15-14(18-12-6-4-5-7-12)16-10-11-17-21(19,20)13-8-2-1-3-9-13/h1-3,8-9,12,17H,4-7,10-11H2,(H3,15,16,18). The Morgan fingerprint density at radius 1 is 1.24 bits per heavy atom. The van der Waals surface area contributed by atoms with E-state index in [-0.39, 0.29) is 11.4 Å². The van der Waals surface area contributed by atoms with Crippen LogP contribution < -0.4 is 15.8 Å². The summed E-state index contributed by atoms with van der Waals surface area (Å²) in [6, 6.07) is 8.68. The summed E-state index contributed by atoms with van der Waals surface area (Å²) >= 11 is 0. The number of sulfonamides is 1. The second-order valence-corrected chi connectivity index (χ2v) is 6.87. The van der Waals surface area contributed by atoms with Gasteiger partial charge < -0.3 is 11.1 Å². The number of hydrogen-bond donors (Lipinski definition) is 3. The van der Waals surface area contributed by atoms with E-state index in [2.05, 4.69) is 15.0 Å². The van der Waals surface area contributed by atoms with E-state index >= 15 is 0 Å². The number of aliphatic imine (C=N–C) groups is 1. The zero-order valence-electron chi connectivity index (χ0n) is 12.0. The number of rotatable bonds is 6. The summed E-state index contributed by atoms with van der Waals surface area (Å²) in [5, 5.41) is 3.16. The average Bonchev–Trinajstić information content (AvgIpc) is 2.97. The Morgan fingerprint density at radius 3 is 2.57 bits per heavy atom. The molecule has 2 rings (SSSR count). The predicted octanol–water partition coefficient (Wildman–Crippen LogP) is 0.812. The zero-order chi connectivity index (χ0) is 15.1. The molecule has 0 saturated heterocycles. The number of nitrogens with two attached hydrogens (primary N) is 1. The first-order chi connectivity index (χ1) is 10.1. The van der Waals surface area contributed by atoms with Crippen LogP contribution in [0.5, 0.6) is 0 Å². The minimum Gasteiger partial charge on any atom is -0.370 e. The number of guanidine groups is 1. The highest BCUT2D eigenvalue weighted by atomic mass is 32.2. The Hall–Kier alpha value is -1.60. The largest absolute Gasteiger partial charge is 0.370 e. The highest BCUT2D eigenvalue weighted by Crippen LogP contribution is 2.17. The van der Waals surface area contributed by atoms with Crippen LogP contribution in [0.1, 0.15) is 25.7 Å². The smallest absolute Gasteiger partial charge is 0.240 e. The topological polar surface area (TPSA) is 96.6 Å². The van der Waals surface area contributed by atoms with E-state index in [9.17, 15) is 8.42 Å². The molecule has 0 unspecified atom stereocenters. The molecule has 1 aromatic carbocycles. The minimum absolute atomic E-state index is 0.226. The van der Waals surface area contributed by atoms with Crippen molar-refractivity contribution >= 4 is 16.0 Å². The third kappa shape index (κ3) is 5.02. The molecule has 21 heavy (non-hydrogen) atoms. The van der Waals surface area contributed by atoms with Crippen LogP contribution in [0.3, 0.4) is 0 Å². The molecule has 0 heterocycles. The van der Waals surface area contributed by atoms with Crippen molar-refractivity contribution in [2.24, 2.45) is 10.7 Å². The third-order valence-corrected chi connectivity index (χ3v) is 4.92. The summed E-state index contributed by atoms with van der Waals surface area (Å²) in [7, 11) is -3.46. The summed E-state index contributed by atoms with van der Waals surface area (Å²) in [6.45, 7) is 0.544. The molecule has 0 aliphatic heterocycles. The van der Waals surface area contributed by atoms with E-state index < -0.39 is 10.0 Å². The van der Waals surface area contributed by atoms with E-state index in [1.807, 2.05) is 0 Å². The lowest BCUT2D eigenvalue weighted by molar-refractivity contribution is 0.582. The van der Waals surface area contributed by atoms with Crippen LogP contribution >= 0.6 is 0 Å². The first-order valence-electron chi connectivity index (χ1n) is 7.19. The van der Waals surface area contributed by atoms with E-state index in [1.54, 1.807) is 30.3 Å². The lowest BCUT2D eigenvalue weighted by Crippen LogP contribution is -2.39. The van der Waals surface area contributed by atoms with Gasteiger partial charge in [0.15, 0.2) is 5.96 Å². The van der Waals surface area contributed by atoms with Crippen LogP contribution in [0.15, 0.2) is 40.2 Å². The summed E-state index contributed by atoms with van der Waals surface area (Å²) < 4.78 is 26.4. The Balaban J connectivity index is 1.76. The van der Waals surface area contributed by atoms with Gasteiger partial charge in [0.25, 0.3) is 0 Å².